The number of terminal acetylenes is 1. The first-order valence-electron chi connectivity index (χ1n) is 6.40. The molecule has 111 valence electrons. The quantitative estimate of drug-likeness (QED) is 0.569. The fourth-order valence-corrected chi connectivity index (χ4v) is 2.19. The van der Waals surface area contributed by atoms with Gasteiger partial charge in [0, 0.05) is 45.3 Å². The molecule has 0 N–H and O–H groups in total. The zero-order valence-electron chi connectivity index (χ0n) is 12.2. The minimum absolute atomic E-state index is 0. The van der Waals surface area contributed by atoms with Gasteiger partial charge < -0.3 is 9.64 Å². The van der Waals surface area contributed by atoms with E-state index in [1.807, 2.05) is 11.8 Å². The summed E-state index contributed by atoms with van der Waals surface area (Å²) in [6.45, 7) is 6.55. The van der Waals surface area contributed by atoms with Crippen molar-refractivity contribution in [3.05, 3.63) is 59.0 Å². The van der Waals surface area contributed by atoms with Crippen LogP contribution in [0.3, 0.4) is 0 Å². The van der Waals surface area contributed by atoms with Gasteiger partial charge in [0.1, 0.15) is 12.4 Å². The van der Waals surface area contributed by atoms with Crippen LogP contribution in [0.4, 0.5) is 4.39 Å². The van der Waals surface area contributed by atoms with Gasteiger partial charge in [-0.05, 0) is 23.7 Å². The molecule has 0 fully saturated rings. The van der Waals surface area contributed by atoms with Crippen molar-refractivity contribution in [1.82, 2.24) is 4.90 Å². The van der Waals surface area contributed by atoms with Gasteiger partial charge in [0.2, 0.25) is 0 Å². The molecular formula is C17H14ClFNOY-. The summed E-state index contributed by atoms with van der Waals surface area (Å²) in [7, 11) is 0. The Morgan fingerprint density at radius 1 is 1.50 bits per heavy atom. The third-order valence-electron chi connectivity index (χ3n) is 3.04. The van der Waals surface area contributed by atoms with E-state index in [4.69, 9.17) is 22.8 Å². The number of hydrogen-bond acceptors (Lipinski definition) is 2. The van der Waals surface area contributed by atoms with E-state index in [1.54, 1.807) is 18.2 Å². The molecular weight excluding hydrogens is 378 g/mol. The largest absolute Gasteiger partial charge is 0.481 e. The molecule has 22 heavy (non-hydrogen) atoms. The number of likely N-dealkylation sites (N-methyl/N-ethyl adjacent to an activating group) is 1. The second kappa shape index (κ2) is 8.53. The molecule has 0 saturated heterocycles. The van der Waals surface area contributed by atoms with Crippen LogP contribution in [0.2, 0.25) is 0 Å². The van der Waals surface area contributed by atoms with Crippen LogP contribution in [-0.4, -0.2) is 18.1 Å². The summed E-state index contributed by atoms with van der Waals surface area (Å²) in [4.78, 5) is 1.81. The molecule has 2 rings (SSSR count). The summed E-state index contributed by atoms with van der Waals surface area (Å²) in [5, 5.41) is 0.495. The van der Waals surface area contributed by atoms with Crippen molar-refractivity contribution in [3.8, 4) is 18.1 Å². The van der Waals surface area contributed by atoms with Crippen LogP contribution >= 0.6 is 11.6 Å². The second-order valence-electron chi connectivity index (χ2n) is 4.31. The maximum Gasteiger partial charge on any atom is 0.148 e. The molecule has 0 bridgehead atoms. The average Bonchev–Trinajstić information content (AvgIpc) is 2.48. The first-order chi connectivity index (χ1) is 10.1. The molecule has 0 spiro atoms. The predicted octanol–water partition coefficient (Wildman–Crippen LogP) is 3.95. The molecule has 0 amide bonds. The zero-order valence-corrected chi connectivity index (χ0v) is 15.8. The van der Waals surface area contributed by atoms with Crippen molar-refractivity contribution in [2.75, 3.05) is 13.2 Å². The number of ether oxygens (including phenoxy) is 1. The van der Waals surface area contributed by atoms with Crippen LogP contribution in [0.15, 0.2) is 41.6 Å². The summed E-state index contributed by atoms with van der Waals surface area (Å²) >= 11 is 6.03. The van der Waals surface area contributed by atoms with E-state index in [1.165, 1.54) is 6.07 Å². The molecule has 0 aromatic heterocycles. The molecule has 5 heteroatoms. The first kappa shape index (κ1) is 19.0. The number of nitrogens with zero attached hydrogens (tertiary/aromatic N) is 1. The van der Waals surface area contributed by atoms with E-state index in [-0.39, 0.29) is 39.3 Å². The van der Waals surface area contributed by atoms with Crippen molar-refractivity contribution in [1.29, 1.82) is 0 Å². The number of hydrogen-bond donors (Lipinski definition) is 0. The Bertz CT molecular complexity index is 676. The molecule has 1 aliphatic rings. The standard InChI is InChI=1S/C17H14ClFNO.Y/c1-4-10-21-13-6-7-14(16(19)11-13)17-9-8-15(18)12(3)20(17)5-2;/h1,6-8,11H,3,5,10H2,2H3;/q-1;. The van der Waals surface area contributed by atoms with Crippen LogP contribution < -0.4 is 4.74 Å². The molecule has 1 aromatic carbocycles. The van der Waals surface area contributed by atoms with E-state index >= 15 is 0 Å². The normalized spacial score (nSPS) is 13.7. The number of benzene rings is 1. The summed E-state index contributed by atoms with van der Waals surface area (Å²) in [6, 6.07) is 4.60. The molecule has 0 atom stereocenters. The van der Waals surface area contributed by atoms with Crippen molar-refractivity contribution in [2.24, 2.45) is 0 Å². The molecule has 1 heterocycles. The van der Waals surface area contributed by atoms with Crippen LogP contribution in [0.25, 0.3) is 5.70 Å². The van der Waals surface area contributed by atoms with Crippen LogP contribution in [-0.2, 0) is 32.7 Å². The second-order valence-corrected chi connectivity index (χ2v) is 4.72. The van der Waals surface area contributed by atoms with Gasteiger partial charge in [0.25, 0.3) is 0 Å². The van der Waals surface area contributed by atoms with Crippen molar-refractivity contribution in [2.45, 2.75) is 6.92 Å². The third-order valence-corrected chi connectivity index (χ3v) is 3.37. The van der Waals surface area contributed by atoms with E-state index in [9.17, 15) is 4.39 Å². The fraction of sp³-hybridized carbons (Fsp3) is 0.176. The molecule has 1 aliphatic heterocycles. The smallest absolute Gasteiger partial charge is 0.148 e. The van der Waals surface area contributed by atoms with Crippen LogP contribution in [0.1, 0.15) is 12.5 Å². The Labute approximate surface area is 160 Å². The van der Waals surface area contributed by atoms with Crippen molar-refractivity contribution in [3.63, 3.8) is 0 Å². The molecule has 2 nitrogen and oxygen atoms in total. The van der Waals surface area contributed by atoms with Gasteiger partial charge in [-0.1, -0.05) is 23.8 Å². The Balaban J connectivity index is 0.00000242. The molecule has 0 saturated carbocycles. The van der Waals surface area contributed by atoms with Crippen LogP contribution in [0.5, 0.6) is 5.75 Å². The Morgan fingerprint density at radius 2 is 2.23 bits per heavy atom. The van der Waals surface area contributed by atoms with Gasteiger partial charge in [-0.3, -0.25) is 0 Å². The molecule has 1 aromatic rings. The Kier molecular flexibility index (Phi) is 7.35. The van der Waals surface area contributed by atoms with Gasteiger partial charge in [0.15, 0.2) is 0 Å². The minimum Gasteiger partial charge on any atom is -0.481 e. The maximum atomic E-state index is 14.3. The van der Waals surface area contributed by atoms with Crippen molar-refractivity contribution >= 4 is 17.3 Å². The number of allylic oxidation sites excluding steroid dienone is 3. The van der Waals surface area contributed by atoms with Gasteiger partial charge in [-0.15, -0.1) is 12.5 Å². The van der Waals surface area contributed by atoms with E-state index in [2.05, 4.69) is 18.6 Å². The van der Waals surface area contributed by atoms with Crippen molar-refractivity contribution < 1.29 is 41.8 Å². The molecule has 1 radical (unpaired) electrons. The van der Waals surface area contributed by atoms with E-state index < -0.39 is 5.82 Å². The predicted molar refractivity (Wildman–Crippen MR) is 82.8 cm³/mol. The molecule has 0 unspecified atom stereocenters. The van der Waals surface area contributed by atoms with Gasteiger partial charge in [-0.2, -0.15) is 23.8 Å². The Morgan fingerprint density at radius 3 is 2.82 bits per heavy atom. The van der Waals surface area contributed by atoms with Crippen LogP contribution in [0, 0.1) is 24.2 Å². The first-order valence-corrected chi connectivity index (χ1v) is 6.78. The monoisotopic (exact) mass is 391 g/mol. The fourth-order valence-electron chi connectivity index (χ4n) is 2.03. The summed E-state index contributed by atoms with van der Waals surface area (Å²) in [6.07, 6.45) is 9.69. The topological polar surface area (TPSA) is 12.5 Å². The minimum atomic E-state index is -0.412. The summed E-state index contributed by atoms with van der Waals surface area (Å²) in [5.74, 6) is 2.31. The summed E-state index contributed by atoms with van der Waals surface area (Å²) in [5.41, 5.74) is 1.62. The SMILES string of the molecule is C#CCOc1ccc(C2=[C-]C=C(Cl)C(=C)N2CC)c(F)c1.[Y]. The maximum absolute atomic E-state index is 14.3. The summed E-state index contributed by atoms with van der Waals surface area (Å²) < 4.78 is 19.5. The number of rotatable bonds is 4. The van der Waals surface area contributed by atoms with E-state index in [0.29, 0.717) is 34.3 Å². The van der Waals surface area contributed by atoms with Gasteiger partial charge in [-0.25, -0.2) is 4.39 Å². The Hall–Kier alpha value is -1.08. The zero-order chi connectivity index (χ0) is 15.4. The third kappa shape index (κ3) is 4.01. The average molecular weight is 392 g/mol. The molecule has 0 aliphatic carbocycles. The van der Waals surface area contributed by atoms with Gasteiger partial charge in [0.05, 0.1) is 5.82 Å². The number of halogens is 2. The van der Waals surface area contributed by atoms with E-state index in [0.717, 1.165) is 0 Å². The van der Waals surface area contributed by atoms with Gasteiger partial charge >= 0.3 is 0 Å².